The van der Waals surface area contributed by atoms with Gasteiger partial charge in [0.1, 0.15) is 17.2 Å². The largest absolute Gasteiger partial charge is 0.507 e. The van der Waals surface area contributed by atoms with Crippen LogP contribution in [0, 0.1) is 0 Å². The second-order valence-electron chi connectivity index (χ2n) is 7.12. The van der Waals surface area contributed by atoms with Crippen LogP contribution >= 0.6 is 31.9 Å². The van der Waals surface area contributed by atoms with Gasteiger partial charge in [-0.2, -0.15) is 0 Å². The van der Waals surface area contributed by atoms with Crippen molar-refractivity contribution in [3.8, 4) is 5.75 Å². The van der Waals surface area contributed by atoms with Crippen LogP contribution in [0.15, 0.2) is 57.5 Å². The number of fused-ring (bicyclic) bond motifs is 2. The van der Waals surface area contributed by atoms with E-state index < -0.39 is 0 Å². The number of benzene rings is 3. The molecule has 0 saturated carbocycles. The molecule has 0 aromatic heterocycles. The fraction of sp³-hybridized carbons (Fsp3) is 0.0870. The molecule has 1 aliphatic carbocycles. The summed E-state index contributed by atoms with van der Waals surface area (Å²) in [5.41, 5.74) is 2.96. The lowest BCUT2D eigenvalue weighted by molar-refractivity contribution is -0.480. The Balaban J connectivity index is 1.83. The Hall–Kier alpha value is -2.61. The number of nitrogens with two attached hydrogens (primary N) is 1. The van der Waals surface area contributed by atoms with Gasteiger partial charge in [-0.25, -0.2) is 0 Å². The van der Waals surface area contributed by atoms with Crippen LogP contribution in [0.1, 0.15) is 44.3 Å². The molecule has 3 N–H and O–H groups in total. The van der Waals surface area contributed by atoms with Crippen molar-refractivity contribution < 1.29 is 24.8 Å². The Morgan fingerprint density at radius 2 is 1.50 bits per heavy atom. The van der Waals surface area contributed by atoms with E-state index in [2.05, 4.69) is 31.9 Å². The van der Waals surface area contributed by atoms with Crippen molar-refractivity contribution in [2.45, 2.75) is 13.3 Å². The molecule has 0 radical (unpaired) electrons. The van der Waals surface area contributed by atoms with Crippen LogP contribution in [0.4, 0.5) is 11.4 Å². The standard InChI is InChI=1S/C23H15Br2NO4/c1-11(27)8-12-9-15(24)21(16(25)10-12)26-17-6-7-18(28)20-19(17)22(29)13-4-2-3-5-14(13)23(20)30/h2-7,9-10,26,28H,8H2,1H3/p+1. The van der Waals surface area contributed by atoms with Gasteiger partial charge in [-0.15, -0.1) is 0 Å². The number of carbonyl (C=O) groups excluding carboxylic acids is 3. The molecule has 1 aliphatic rings. The second kappa shape index (κ2) is 7.91. The molecule has 0 heterocycles. The molecule has 30 heavy (non-hydrogen) atoms. The first kappa shape index (κ1) is 20.7. The summed E-state index contributed by atoms with van der Waals surface area (Å²) in [4.78, 5) is 37.6. The van der Waals surface area contributed by atoms with Crippen molar-refractivity contribution in [2.24, 2.45) is 0 Å². The first-order chi connectivity index (χ1) is 14.3. The maximum Gasteiger partial charge on any atom is 0.200 e. The van der Waals surface area contributed by atoms with E-state index in [0.717, 1.165) is 20.2 Å². The van der Waals surface area contributed by atoms with Crippen LogP contribution in [0.5, 0.6) is 5.75 Å². The quantitative estimate of drug-likeness (QED) is 0.304. The van der Waals surface area contributed by atoms with Crippen LogP contribution < -0.4 is 5.32 Å². The zero-order chi connectivity index (χ0) is 21.6. The van der Waals surface area contributed by atoms with Gasteiger partial charge in [0.15, 0.2) is 11.5 Å². The number of Topliss-reactive ketones (excluding diaryl/α,β-unsaturated/α-hetero) is 1. The minimum atomic E-state index is -0.372. The molecule has 0 atom stereocenters. The fourth-order valence-electron chi connectivity index (χ4n) is 3.67. The summed E-state index contributed by atoms with van der Waals surface area (Å²) < 4.78 is 1.48. The first-order valence-electron chi connectivity index (χ1n) is 9.14. The number of phenols is 1. The van der Waals surface area contributed by atoms with Crippen LogP contribution in [-0.2, 0) is 11.2 Å². The summed E-state index contributed by atoms with van der Waals surface area (Å²) in [6.07, 6.45) is 0.315. The van der Waals surface area contributed by atoms with Crippen molar-refractivity contribution in [1.29, 1.82) is 0 Å². The summed E-state index contributed by atoms with van der Waals surface area (Å²) in [5.74, 6) is -0.837. The number of carbonyl (C=O) groups is 3. The predicted molar refractivity (Wildman–Crippen MR) is 119 cm³/mol. The van der Waals surface area contributed by atoms with E-state index in [-0.39, 0.29) is 34.2 Å². The molecule has 4 rings (SSSR count). The SMILES string of the molecule is CC(=O)Cc1cc(Br)c([NH2+]c2ccc(O)c3c2C(=O)c2ccccc2C3=O)c(Br)c1. The molecule has 5 nitrogen and oxygen atoms in total. The van der Waals surface area contributed by atoms with Crippen LogP contribution in [0.3, 0.4) is 0 Å². The van der Waals surface area contributed by atoms with Crippen LogP contribution in [0.25, 0.3) is 0 Å². The smallest absolute Gasteiger partial charge is 0.200 e. The molecule has 150 valence electrons. The highest BCUT2D eigenvalue weighted by atomic mass is 79.9. The Morgan fingerprint density at radius 3 is 2.07 bits per heavy atom. The lowest BCUT2D eigenvalue weighted by Gasteiger charge is -2.20. The first-order valence-corrected chi connectivity index (χ1v) is 10.7. The Bertz CT molecular complexity index is 1230. The molecule has 0 amide bonds. The van der Waals surface area contributed by atoms with Crippen molar-refractivity contribution in [3.63, 3.8) is 0 Å². The van der Waals surface area contributed by atoms with E-state index in [4.69, 9.17) is 0 Å². The van der Waals surface area contributed by atoms with Crippen molar-refractivity contribution in [2.75, 3.05) is 0 Å². The topological polar surface area (TPSA) is 88.0 Å². The number of hydrogen-bond acceptors (Lipinski definition) is 4. The van der Waals surface area contributed by atoms with Gasteiger partial charge < -0.3 is 5.11 Å². The third-order valence-electron chi connectivity index (χ3n) is 4.98. The average Bonchev–Trinajstić information content (AvgIpc) is 2.69. The average molecular weight is 530 g/mol. The fourth-order valence-corrected chi connectivity index (χ4v) is 5.18. The molecule has 0 aliphatic heterocycles. The van der Waals surface area contributed by atoms with Gasteiger partial charge in [0, 0.05) is 23.6 Å². The summed E-state index contributed by atoms with van der Waals surface area (Å²) in [5, 5.41) is 12.1. The monoisotopic (exact) mass is 528 g/mol. The second-order valence-corrected chi connectivity index (χ2v) is 8.83. The van der Waals surface area contributed by atoms with Gasteiger partial charge in [0.25, 0.3) is 0 Å². The van der Waals surface area contributed by atoms with Gasteiger partial charge in [-0.05, 0) is 62.5 Å². The van der Waals surface area contributed by atoms with Crippen molar-refractivity contribution in [3.05, 3.63) is 85.3 Å². The van der Waals surface area contributed by atoms with Gasteiger partial charge in [0.2, 0.25) is 5.78 Å². The maximum atomic E-state index is 13.2. The summed E-state index contributed by atoms with van der Waals surface area (Å²) in [6.45, 7) is 1.53. The number of quaternary nitrogens is 1. The van der Waals surface area contributed by atoms with Crippen molar-refractivity contribution >= 4 is 60.6 Å². The third kappa shape index (κ3) is 3.53. The minimum Gasteiger partial charge on any atom is -0.507 e. The van der Waals surface area contributed by atoms with E-state index in [9.17, 15) is 19.5 Å². The molecule has 0 bridgehead atoms. The van der Waals surface area contributed by atoms with Crippen molar-refractivity contribution in [1.82, 2.24) is 0 Å². The molecule has 0 spiro atoms. The number of rotatable bonds is 4. The lowest BCUT2D eigenvalue weighted by Crippen LogP contribution is -2.72. The molecule has 0 fully saturated rings. The number of halogens is 2. The number of aromatic hydroxyl groups is 1. The normalized spacial score (nSPS) is 12.5. The minimum absolute atomic E-state index is 0.0212. The van der Waals surface area contributed by atoms with Crippen LogP contribution in [0.2, 0.25) is 0 Å². The highest BCUT2D eigenvalue weighted by Gasteiger charge is 2.35. The number of hydrogen-bond donors (Lipinski definition) is 2. The maximum absolute atomic E-state index is 13.2. The van der Waals surface area contributed by atoms with Gasteiger partial charge in [0.05, 0.1) is 20.1 Å². The van der Waals surface area contributed by atoms with Crippen LogP contribution in [-0.4, -0.2) is 22.5 Å². The lowest BCUT2D eigenvalue weighted by atomic mass is 9.82. The van der Waals surface area contributed by atoms with E-state index in [1.807, 2.05) is 12.1 Å². The molecular weight excluding hydrogens is 514 g/mol. The number of ketones is 3. The summed E-state index contributed by atoms with van der Waals surface area (Å²) in [7, 11) is 0. The highest BCUT2D eigenvalue weighted by molar-refractivity contribution is 9.11. The molecule has 3 aromatic rings. The molecule has 7 heteroatoms. The van der Waals surface area contributed by atoms with E-state index in [1.165, 1.54) is 13.0 Å². The van der Waals surface area contributed by atoms with E-state index in [1.54, 1.807) is 35.6 Å². The van der Waals surface area contributed by atoms with E-state index >= 15 is 0 Å². The molecular formula is C23H16Br2NO4+. The number of phenolic OH excluding ortho intramolecular Hbond substituents is 1. The zero-order valence-electron chi connectivity index (χ0n) is 15.8. The van der Waals surface area contributed by atoms with Gasteiger partial charge in [-0.3, -0.25) is 19.7 Å². The van der Waals surface area contributed by atoms with Gasteiger partial charge in [-0.1, -0.05) is 24.3 Å². The van der Waals surface area contributed by atoms with Gasteiger partial charge >= 0.3 is 0 Å². The molecule has 3 aromatic carbocycles. The molecule has 0 unspecified atom stereocenters. The summed E-state index contributed by atoms with van der Waals surface area (Å²) in [6, 6.07) is 13.4. The van der Waals surface area contributed by atoms with E-state index in [0.29, 0.717) is 23.2 Å². The highest BCUT2D eigenvalue weighted by Crippen LogP contribution is 2.37. The Kier molecular flexibility index (Phi) is 5.44. The predicted octanol–water partition coefficient (Wildman–Crippen LogP) is 4.35. The summed E-state index contributed by atoms with van der Waals surface area (Å²) >= 11 is 7.07. The Morgan fingerprint density at radius 1 is 0.933 bits per heavy atom. The Labute approximate surface area is 189 Å². The zero-order valence-corrected chi connectivity index (χ0v) is 19.0. The molecule has 0 saturated heterocycles. The third-order valence-corrected chi connectivity index (χ3v) is 6.29.